The van der Waals surface area contributed by atoms with Gasteiger partial charge in [-0.3, -0.25) is 9.78 Å². The number of H-pyrrole nitrogens is 1. The van der Waals surface area contributed by atoms with Gasteiger partial charge in [-0.2, -0.15) is 0 Å². The van der Waals surface area contributed by atoms with Crippen LogP contribution in [0.25, 0.3) is 11.0 Å². The molecule has 0 spiro atoms. The molecule has 0 atom stereocenters. The van der Waals surface area contributed by atoms with Gasteiger partial charge >= 0.3 is 0 Å². The zero-order valence-electron chi connectivity index (χ0n) is 13.8. The highest BCUT2D eigenvalue weighted by atomic mass is 32.2. The number of amides is 1. The number of nitrogens with zero attached hydrogens (tertiary/aromatic N) is 2. The van der Waals surface area contributed by atoms with E-state index in [0.29, 0.717) is 11.3 Å². The van der Waals surface area contributed by atoms with E-state index in [9.17, 15) is 4.79 Å². The van der Waals surface area contributed by atoms with E-state index in [2.05, 4.69) is 20.3 Å². The van der Waals surface area contributed by atoms with Crippen molar-refractivity contribution < 1.29 is 4.79 Å². The quantitative estimate of drug-likeness (QED) is 0.514. The number of nitrogens with one attached hydrogen (secondary N) is 2. The number of thioether (sulfide) groups is 1. The zero-order chi connectivity index (χ0) is 17.8. The Balaban J connectivity index is 1.51. The Kier molecular flexibility index (Phi) is 4.66. The van der Waals surface area contributed by atoms with Gasteiger partial charge in [-0.15, -0.1) is 0 Å². The Morgan fingerprint density at radius 2 is 1.77 bits per heavy atom. The van der Waals surface area contributed by atoms with Crippen LogP contribution in [0.5, 0.6) is 0 Å². The number of aromatic amines is 1. The van der Waals surface area contributed by atoms with Crippen LogP contribution in [0.4, 0.5) is 5.69 Å². The van der Waals surface area contributed by atoms with E-state index in [4.69, 9.17) is 0 Å². The summed E-state index contributed by atoms with van der Waals surface area (Å²) in [5, 5.41) is 3.75. The van der Waals surface area contributed by atoms with Crippen LogP contribution in [0.1, 0.15) is 15.9 Å². The molecule has 0 saturated heterocycles. The van der Waals surface area contributed by atoms with Crippen LogP contribution >= 0.6 is 11.8 Å². The minimum atomic E-state index is -0.128. The number of rotatable bonds is 5. The normalized spacial score (nSPS) is 10.8. The molecule has 0 radical (unpaired) electrons. The van der Waals surface area contributed by atoms with Gasteiger partial charge < -0.3 is 10.3 Å². The van der Waals surface area contributed by atoms with Gasteiger partial charge in [0, 0.05) is 29.4 Å². The molecule has 4 aromatic rings. The lowest BCUT2D eigenvalue weighted by molar-refractivity contribution is 0.102. The molecule has 0 unspecified atom stereocenters. The first-order valence-corrected chi connectivity index (χ1v) is 9.15. The second-order valence-corrected chi connectivity index (χ2v) is 6.66. The molecule has 128 valence electrons. The molecule has 26 heavy (non-hydrogen) atoms. The maximum absolute atomic E-state index is 12.6. The largest absolute Gasteiger partial charge is 0.333 e. The summed E-state index contributed by atoms with van der Waals surface area (Å²) < 4.78 is 0. The number of hydrogen-bond acceptors (Lipinski definition) is 4. The number of hydrogen-bond donors (Lipinski definition) is 2. The molecule has 2 N–H and O–H groups in total. The highest BCUT2D eigenvalue weighted by Crippen LogP contribution is 2.25. The third-order valence-electron chi connectivity index (χ3n) is 3.93. The van der Waals surface area contributed by atoms with Crippen molar-refractivity contribution in [3.05, 3.63) is 84.2 Å². The summed E-state index contributed by atoms with van der Waals surface area (Å²) >= 11 is 1.58. The number of fused-ring (bicyclic) bond motifs is 1. The van der Waals surface area contributed by atoms with Crippen molar-refractivity contribution in [2.24, 2.45) is 0 Å². The average molecular weight is 360 g/mol. The molecule has 2 heterocycles. The Bertz CT molecular complexity index is 1010. The summed E-state index contributed by atoms with van der Waals surface area (Å²) in [5.74, 6) is 0.525. The standard InChI is InChI=1S/C20H16N4OS/c25-19(22-15-9-11-21-12-10-15)16-6-2-1-5-14(16)13-26-20-23-17-7-3-4-8-18(17)24-20/h1-12H,13H2,(H,23,24)(H,21,22,25). The fourth-order valence-corrected chi connectivity index (χ4v) is 3.53. The van der Waals surface area contributed by atoms with Crippen molar-refractivity contribution >= 4 is 34.4 Å². The van der Waals surface area contributed by atoms with Gasteiger partial charge in [-0.05, 0) is 35.9 Å². The number of anilines is 1. The van der Waals surface area contributed by atoms with Gasteiger partial charge in [-0.1, -0.05) is 42.1 Å². The molecule has 4 rings (SSSR count). The number of para-hydroxylation sites is 2. The van der Waals surface area contributed by atoms with Gasteiger partial charge in [0.2, 0.25) is 0 Å². The zero-order valence-corrected chi connectivity index (χ0v) is 14.7. The fourth-order valence-electron chi connectivity index (χ4n) is 2.65. The molecular weight excluding hydrogens is 344 g/mol. The highest BCUT2D eigenvalue weighted by molar-refractivity contribution is 7.98. The van der Waals surface area contributed by atoms with E-state index in [1.807, 2.05) is 48.5 Å². The van der Waals surface area contributed by atoms with Gasteiger partial charge in [0.15, 0.2) is 5.16 Å². The van der Waals surface area contributed by atoms with Crippen molar-refractivity contribution in [1.82, 2.24) is 15.0 Å². The van der Waals surface area contributed by atoms with Crippen LogP contribution < -0.4 is 5.32 Å². The van der Waals surface area contributed by atoms with E-state index in [0.717, 1.165) is 27.4 Å². The van der Waals surface area contributed by atoms with Crippen LogP contribution in [-0.4, -0.2) is 20.9 Å². The number of benzene rings is 2. The summed E-state index contributed by atoms with van der Waals surface area (Å²) in [6.45, 7) is 0. The lowest BCUT2D eigenvalue weighted by Gasteiger charge is -2.09. The first kappa shape index (κ1) is 16.4. The monoisotopic (exact) mass is 360 g/mol. The predicted molar refractivity (Wildman–Crippen MR) is 104 cm³/mol. The molecule has 2 aromatic carbocycles. The molecule has 1 amide bonds. The van der Waals surface area contributed by atoms with Crippen molar-refractivity contribution in [2.45, 2.75) is 10.9 Å². The van der Waals surface area contributed by atoms with Crippen molar-refractivity contribution in [3.8, 4) is 0 Å². The number of carbonyl (C=O) groups excluding carboxylic acids is 1. The lowest BCUT2D eigenvalue weighted by Crippen LogP contribution is -2.14. The second kappa shape index (κ2) is 7.41. The number of imidazole rings is 1. The van der Waals surface area contributed by atoms with Crippen molar-refractivity contribution in [3.63, 3.8) is 0 Å². The number of carbonyl (C=O) groups is 1. The fraction of sp³-hybridized carbons (Fsp3) is 0.0500. The summed E-state index contributed by atoms with van der Waals surface area (Å²) in [6.07, 6.45) is 3.30. The Labute approximate surface area is 154 Å². The van der Waals surface area contributed by atoms with Crippen LogP contribution in [-0.2, 0) is 5.75 Å². The molecule has 2 aromatic heterocycles. The molecule has 5 nitrogen and oxygen atoms in total. The first-order valence-electron chi connectivity index (χ1n) is 8.16. The van der Waals surface area contributed by atoms with Gasteiger partial charge in [-0.25, -0.2) is 4.98 Å². The van der Waals surface area contributed by atoms with E-state index in [1.54, 1.807) is 36.3 Å². The molecule has 6 heteroatoms. The second-order valence-electron chi connectivity index (χ2n) is 5.69. The van der Waals surface area contributed by atoms with Crippen LogP contribution in [0.15, 0.2) is 78.2 Å². The highest BCUT2D eigenvalue weighted by Gasteiger charge is 2.12. The molecular formula is C20H16N4OS. The summed E-state index contributed by atoms with van der Waals surface area (Å²) in [7, 11) is 0. The minimum Gasteiger partial charge on any atom is -0.333 e. The van der Waals surface area contributed by atoms with Crippen LogP contribution in [0.3, 0.4) is 0 Å². The summed E-state index contributed by atoms with van der Waals surface area (Å²) in [5.41, 5.74) is 4.31. The maximum atomic E-state index is 12.6. The van der Waals surface area contributed by atoms with Gasteiger partial charge in [0.05, 0.1) is 11.0 Å². The molecule has 0 aliphatic heterocycles. The van der Waals surface area contributed by atoms with Crippen LogP contribution in [0.2, 0.25) is 0 Å². The Hall–Kier alpha value is -3.12. The first-order chi connectivity index (χ1) is 12.8. The minimum absolute atomic E-state index is 0.128. The Morgan fingerprint density at radius 3 is 2.62 bits per heavy atom. The maximum Gasteiger partial charge on any atom is 0.255 e. The SMILES string of the molecule is O=C(Nc1ccncc1)c1ccccc1CSc1nc2ccccc2[nH]1. The van der Waals surface area contributed by atoms with Gasteiger partial charge in [0.25, 0.3) is 5.91 Å². The molecule has 0 fully saturated rings. The third-order valence-corrected chi connectivity index (χ3v) is 4.85. The van der Waals surface area contributed by atoms with E-state index >= 15 is 0 Å². The van der Waals surface area contributed by atoms with E-state index in [-0.39, 0.29) is 5.91 Å². The van der Waals surface area contributed by atoms with Gasteiger partial charge in [0.1, 0.15) is 0 Å². The molecule has 0 aliphatic rings. The third kappa shape index (κ3) is 3.60. The van der Waals surface area contributed by atoms with Crippen molar-refractivity contribution in [1.29, 1.82) is 0 Å². The number of pyridine rings is 1. The smallest absolute Gasteiger partial charge is 0.255 e. The molecule has 0 aliphatic carbocycles. The topological polar surface area (TPSA) is 70.7 Å². The number of aromatic nitrogens is 3. The molecule has 0 saturated carbocycles. The van der Waals surface area contributed by atoms with Crippen LogP contribution in [0, 0.1) is 0 Å². The molecule has 0 bridgehead atoms. The predicted octanol–water partition coefficient (Wildman–Crippen LogP) is 4.50. The summed E-state index contributed by atoms with van der Waals surface area (Å²) in [6, 6.07) is 19.1. The summed E-state index contributed by atoms with van der Waals surface area (Å²) in [4.78, 5) is 24.5. The van der Waals surface area contributed by atoms with E-state index in [1.165, 1.54) is 0 Å². The van der Waals surface area contributed by atoms with Crippen molar-refractivity contribution in [2.75, 3.05) is 5.32 Å². The lowest BCUT2D eigenvalue weighted by atomic mass is 10.1. The van der Waals surface area contributed by atoms with E-state index < -0.39 is 0 Å². The average Bonchev–Trinajstić information content (AvgIpc) is 3.10. The Morgan fingerprint density at radius 1 is 1.00 bits per heavy atom.